The Bertz CT molecular complexity index is 381. The van der Waals surface area contributed by atoms with E-state index in [2.05, 4.69) is 21.2 Å². The van der Waals surface area contributed by atoms with E-state index in [9.17, 15) is 4.79 Å². The molecule has 4 nitrogen and oxygen atoms in total. The SMILES string of the molecule is Cc1cc(C(=O)NCC(O)CO)ccc1Br. The van der Waals surface area contributed by atoms with Gasteiger partial charge in [-0.1, -0.05) is 15.9 Å². The maximum atomic E-state index is 11.6. The van der Waals surface area contributed by atoms with Crippen LogP contribution in [0.25, 0.3) is 0 Å². The molecule has 1 amide bonds. The van der Waals surface area contributed by atoms with Gasteiger partial charge >= 0.3 is 0 Å². The number of halogens is 1. The van der Waals surface area contributed by atoms with Gasteiger partial charge in [-0.2, -0.15) is 0 Å². The molecule has 1 rings (SSSR count). The largest absolute Gasteiger partial charge is 0.394 e. The smallest absolute Gasteiger partial charge is 0.251 e. The van der Waals surface area contributed by atoms with Crippen LogP contribution in [0.2, 0.25) is 0 Å². The van der Waals surface area contributed by atoms with Crippen molar-refractivity contribution in [2.75, 3.05) is 13.2 Å². The predicted octanol–water partition coefficient (Wildman–Crippen LogP) is 0.841. The van der Waals surface area contributed by atoms with Crippen molar-refractivity contribution in [3.63, 3.8) is 0 Å². The number of carbonyl (C=O) groups excluding carboxylic acids is 1. The lowest BCUT2D eigenvalue weighted by atomic mass is 10.1. The minimum Gasteiger partial charge on any atom is -0.394 e. The molecule has 0 heterocycles. The van der Waals surface area contributed by atoms with Crippen LogP contribution in [0.1, 0.15) is 15.9 Å². The van der Waals surface area contributed by atoms with Gasteiger partial charge in [0.15, 0.2) is 0 Å². The monoisotopic (exact) mass is 287 g/mol. The third-order valence-electron chi connectivity index (χ3n) is 2.13. The molecule has 0 bridgehead atoms. The first-order chi connectivity index (χ1) is 7.54. The highest BCUT2D eigenvalue weighted by Crippen LogP contribution is 2.16. The van der Waals surface area contributed by atoms with E-state index >= 15 is 0 Å². The number of nitrogens with one attached hydrogen (secondary N) is 1. The molecule has 1 atom stereocenters. The quantitative estimate of drug-likeness (QED) is 0.769. The molecule has 0 aliphatic carbocycles. The van der Waals surface area contributed by atoms with Crippen molar-refractivity contribution in [3.8, 4) is 0 Å². The zero-order valence-electron chi connectivity index (χ0n) is 8.90. The van der Waals surface area contributed by atoms with Crippen LogP contribution in [0.4, 0.5) is 0 Å². The number of aliphatic hydroxyl groups is 2. The Hall–Kier alpha value is -0.910. The molecule has 0 aliphatic rings. The maximum Gasteiger partial charge on any atom is 0.251 e. The second-order valence-electron chi connectivity index (χ2n) is 3.51. The van der Waals surface area contributed by atoms with Gasteiger partial charge in [-0.25, -0.2) is 0 Å². The van der Waals surface area contributed by atoms with Crippen LogP contribution in [0.15, 0.2) is 22.7 Å². The number of amides is 1. The highest BCUT2D eigenvalue weighted by molar-refractivity contribution is 9.10. The van der Waals surface area contributed by atoms with Crippen molar-refractivity contribution in [1.82, 2.24) is 5.32 Å². The minimum absolute atomic E-state index is 0.0461. The van der Waals surface area contributed by atoms with Gasteiger partial charge in [0.1, 0.15) is 0 Å². The van der Waals surface area contributed by atoms with Gasteiger partial charge in [-0.3, -0.25) is 4.79 Å². The molecule has 0 saturated heterocycles. The Labute approximate surface area is 102 Å². The Morgan fingerprint density at radius 2 is 2.25 bits per heavy atom. The summed E-state index contributed by atoms with van der Waals surface area (Å²) in [6.07, 6.45) is -0.916. The molecular formula is C11H14BrNO3. The molecule has 88 valence electrons. The number of benzene rings is 1. The summed E-state index contributed by atoms with van der Waals surface area (Å²) in [4.78, 5) is 11.6. The number of aliphatic hydroxyl groups excluding tert-OH is 2. The molecule has 0 saturated carbocycles. The summed E-state index contributed by atoms with van der Waals surface area (Å²) in [5.74, 6) is -0.261. The number of hydrogen-bond donors (Lipinski definition) is 3. The van der Waals surface area contributed by atoms with Gasteiger partial charge in [-0.05, 0) is 30.7 Å². The summed E-state index contributed by atoms with van der Waals surface area (Å²) in [6, 6.07) is 5.25. The number of aryl methyl sites for hydroxylation is 1. The summed E-state index contributed by atoms with van der Waals surface area (Å²) >= 11 is 3.35. The first-order valence-corrected chi connectivity index (χ1v) is 5.67. The van der Waals surface area contributed by atoms with Crippen LogP contribution in [-0.2, 0) is 0 Å². The Morgan fingerprint density at radius 3 is 2.81 bits per heavy atom. The van der Waals surface area contributed by atoms with E-state index in [-0.39, 0.29) is 19.1 Å². The van der Waals surface area contributed by atoms with Crippen molar-refractivity contribution >= 4 is 21.8 Å². The molecule has 1 aromatic carbocycles. The van der Waals surface area contributed by atoms with Crippen molar-refractivity contribution < 1.29 is 15.0 Å². The van der Waals surface area contributed by atoms with Gasteiger partial charge in [0.25, 0.3) is 5.91 Å². The maximum absolute atomic E-state index is 11.6. The van der Waals surface area contributed by atoms with Crippen LogP contribution in [0, 0.1) is 6.92 Å². The fourth-order valence-corrected chi connectivity index (χ4v) is 1.41. The molecule has 0 aromatic heterocycles. The Morgan fingerprint density at radius 1 is 1.56 bits per heavy atom. The lowest BCUT2D eigenvalue weighted by Crippen LogP contribution is -2.33. The van der Waals surface area contributed by atoms with E-state index in [1.165, 1.54) is 0 Å². The number of carbonyl (C=O) groups is 1. The average Bonchev–Trinajstić information content (AvgIpc) is 2.29. The molecule has 0 fully saturated rings. The number of rotatable bonds is 4. The first-order valence-electron chi connectivity index (χ1n) is 4.88. The van der Waals surface area contributed by atoms with Crippen molar-refractivity contribution in [1.29, 1.82) is 0 Å². The average molecular weight is 288 g/mol. The summed E-state index contributed by atoms with van der Waals surface area (Å²) in [5.41, 5.74) is 1.50. The highest BCUT2D eigenvalue weighted by atomic mass is 79.9. The first kappa shape index (κ1) is 13.2. The third kappa shape index (κ3) is 3.59. The lowest BCUT2D eigenvalue weighted by Gasteiger charge is -2.09. The highest BCUT2D eigenvalue weighted by Gasteiger charge is 2.08. The second kappa shape index (κ2) is 5.98. The van der Waals surface area contributed by atoms with Gasteiger partial charge in [0.2, 0.25) is 0 Å². The molecule has 3 N–H and O–H groups in total. The van der Waals surface area contributed by atoms with Crippen LogP contribution >= 0.6 is 15.9 Å². The summed E-state index contributed by atoms with van der Waals surface area (Å²) < 4.78 is 0.944. The van der Waals surface area contributed by atoms with E-state index < -0.39 is 6.10 Å². The van der Waals surface area contributed by atoms with Gasteiger partial charge in [0, 0.05) is 16.6 Å². The van der Waals surface area contributed by atoms with E-state index in [1.807, 2.05) is 6.92 Å². The van der Waals surface area contributed by atoms with Gasteiger partial charge in [-0.15, -0.1) is 0 Å². The molecular weight excluding hydrogens is 274 g/mol. The van der Waals surface area contributed by atoms with E-state index in [1.54, 1.807) is 18.2 Å². The van der Waals surface area contributed by atoms with Crippen LogP contribution in [0.5, 0.6) is 0 Å². The van der Waals surface area contributed by atoms with Crippen LogP contribution < -0.4 is 5.32 Å². The van der Waals surface area contributed by atoms with Crippen molar-refractivity contribution in [2.45, 2.75) is 13.0 Å². The second-order valence-corrected chi connectivity index (χ2v) is 4.36. The Balaban J connectivity index is 2.63. The fraction of sp³-hybridized carbons (Fsp3) is 0.364. The topological polar surface area (TPSA) is 69.6 Å². The summed E-state index contributed by atoms with van der Waals surface area (Å²) in [6.45, 7) is 1.58. The standard InChI is InChI=1S/C11H14BrNO3/c1-7-4-8(2-3-10(7)12)11(16)13-5-9(15)6-14/h2-4,9,14-15H,5-6H2,1H3,(H,13,16). The minimum atomic E-state index is -0.916. The zero-order valence-corrected chi connectivity index (χ0v) is 10.5. The summed E-state index contributed by atoms with van der Waals surface area (Å²) in [5, 5.41) is 20.2. The number of hydrogen-bond acceptors (Lipinski definition) is 3. The molecule has 5 heteroatoms. The molecule has 0 radical (unpaired) electrons. The normalized spacial score (nSPS) is 12.2. The molecule has 0 aliphatic heterocycles. The molecule has 1 unspecified atom stereocenters. The molecule has 0 spiro atoms. The van der Waals surface area contributed by atoms with Gasteiger partial charge < -0.3 is 15.5 Å². The third-order valence-corrected chi connectivity index (χ3v) is 3.02. The van der Waals surface area contributed by atoms with Crippen molar-refractivity contribution in [3.05, 3.63) is 33.8 Å². The Kier molecular flexibility index (Phi) is 4.92. The predicted molar refractivity (Wildman–Crippen MR) is 64.3 cm³/mol. The zero-order chi connectivity index (χ0) is 12.1. The lowest BCUT2D eigenvalue weighted by molar-refractivity contribution is 0.0802. The van der Waals surface area contributed by atoms with Crippen LogP contribution in [-0.4, -0.2) is 35.4 Å². The van der Waals surface area contributed by atoms with E-state index in [0.29, 0.717) is 5.56 Å². The summed E-state index contributed by atoms with van der Waals surface area (Å²) in [7, 11) is 0. The van der Waals surface area contributed by atoms with E-state index in [0.717, 1.165) is 10.0 Å². The van der Waals surface area contributed by atoms with Crippen molar-refractivity contribution in [2.24, 2.45) is 0 Å². The van der Waals surface area contributed by atoms with Gasteiger partial charge in [0.05, 0.1) is 12.7 Å². The fourth-order valence-electron chi connectivity index (χ4n) is 1.16. The van der Waals surface area contributed by atoms with Crippen LogP contribution in [0.3, 0.4) is 0 Å². The molecule has 1 aromatic rings. The van der Waals surface area contributed by atoms with E-state index in [4.69, 9.17) is 10.2 Å². The molecule has 16 heavy (non-hydrogen) atoms.